The van der Waals surface area contributed by atoms with Crippen LogP contribution < -0.4 is 15.5 Å². The van der Waals surface area contributed by atoms with Crippen molar-refractivity contribution in [1.29, 1.82) is 0 Å². The van der Waals surface area contributed by atoms with Crippen LogP contribution in [0.4, 0.5) is 5.13 Å². The van der Waals surface area contributed by atoms with Gasteiger partial charge in [-0.15, -0.1) is 0 Å². The standard InChI is InChI=1S/C18H18N4O3S/c1-11(20-18-21-14-5-3-4-6-16(14)26-18)17(24)22-19-10-12-9-13(25-2)7-8-15(12)23/h3-11,23H,1-2H3,(H,20,21)(H,22,24)/b19-10+/t11-/m1/s1. The number of nitrogens with one attached hydrogen (secondary N) is 2. The maximum Gasteiger partial charge on any atom is 0.262 e. The Hall–Kier alpha value is -3.13. The van der Waals surface area contributed by atoms with Gasteiger partial charge >= 0.3 is 0 Å². The molecule has 0 saturated heterocycles. The summed E-state index contributed by atoms with van der Waals surface area (Å²) < 4.78 is 6.14. The molecule has 3 N–H and O–H groups in total. The minimum atomic E-state index is -0.522. The number of phenolic OH excluding ortho intramolecular Hbond substituents is 1. The topological polar surface area (TPSA) is 95.8 Å². The third kappa shape index (κ3) is 4.09. The van der Waals surface area contributed by atoms with Crippen LogP contribution in [-0.4, -0.2) is 35.4 Å². The minimum absolute atomic E-state index is 0.0458. The first-order chi connectivity index (χ1) is 12.6. The van der Waals surface area contributed by atoms with Gasteiger partial charge in [-0.2, -0.15) is 5.10 Å². The fourth-order valence-electron chi connectivity index (χ4n) is 2.21. The van der Waals surface area contributed by atoms with Crippen LogP contribution in [-0.2, 0) is 4.79 Å². The van der Waals surface area contributed by atoms with Gasteiger partial charge in [-0.05, 0) is 37.3 Å². The average Bonchev–Trinajstić information content (AvgIpc) is 3.05. The molecule has 0 fully saturated rings. The van der Waals surface area contributed by atoms with Crippen molar-refractivity contribution in [2.45, 2.75) is 13.0 Å². The van der Waals surface area contributed by atoms with Crippen LogP contribution in [0.3, 0.4) is 0 Å². The van der Waals surface area contributed by atoms with Crippen molar-refractivity contribution < 1.29 is 14.6 Å². The zero-order chi connectivity index (χ0) is 18.5. The second-order valence-electron chi connectivity index (χ2n) is 5.51. The number of benzene rings is 2. The third-order valence-corrected chi connectivity index (χ3v) is 4.61. The quantitative estimate of drug-likeness (QED) is 0.458. The van der Waals surface area contributed by atoms with Crippen molar-refractivity contribution >= 4 is 38.8 Å². The molecule has 3 aromatic rings. The lowest BCUT2D eigenvalue weighted by Gasteiger charge is -2.10. The van der Waals surface area contributed by atoms with E-state index in [-0.39, 0.29) is 11.7 Å². The van der Waals surface area contributed by atoms with Crippen LogP contribution in [0.2, 0.25) is 0 Å². The number of hydrazone groups is 1. The first-order valence-electron chi connectivity index (χ1n) is 7.89. The molecule has 0 radical (unpaired) electrons. The summed E-state index contributed by atoms with van der Waals surface area (Å²) in [7, 11) is 1.53. The van der Waals surface area contributed by atoms with Crippen LogP contribution in [0, 0.1) is 0 Å². The van der Waals surface area contributed by atoms with E-state index in [0.717, 1.165) is 10.2 Å². The number of nitrogens with zero attached hydrogens (tertiary/aromatic N) is 2. The number of methoxy groups -OCH3 is 1. The number of fused-ring (bicyclic) bond motifs is 1. The molecule has 2 aromatic carbocycles. The molecule has 134 valence electrons. The predicted octanol–water partition coefficient (Wildman–Crippen LogP) is 2.96. The van der Waals surface area contributed by atoms with E-state index in [0.29, 0.717) is 16.4 Å². The lowest BCUT2D eigenvalue weighted by Crippen LogP contribution is -2.34. The van der Waals surface area contributed by atoms with Gasteiger partial charge in [0.2, 0.25) is 0 Å². The molecule has 0 unspecified atom stereocenters. The molecule has 0 aliphatic heterocycles. The van der Waals surface area contributed by atoms with E-state index in [2.05, 4.69) is 20.8 Å². The number of carbonyl (C=O) groups excluding carboxylic acids is 1. The Morgan fingerprint density at radius 2 is 2.15 bits per heavy atom. The Morgan fingerprint density at radius 1 is 1.35 bits per heavy atom. The highest BCUT2D eigenvalue weighted by molar-refractivity contribution is 7.22. The summed E-state index contributed by atoms with van der Waals surface area (Å²) in [4.78, 5) is 16.6. The van der Waals surface area contributed by atoms with Gasteiger partial charge in [-0.25, -0.2) is 10.4 Å². The maximum atomic E-state index is 12.2. The smallest absolute Gasteiger partial charge is 0.262 e. The summed E-state index contributed by atoms with van der Waals surface area (Å²) in [5.41, 5.74) is 3.77. The first kappa shape index (κ1) is 17.7. The maximum absolute atomic E-state index is 12.2. The number of amides is 1. The van der Waals surface area contributed by atoms with Crippen molar-refractivity contribution in [3.63, 3.8) is 0 Å². The Balaban J connectivity index is 1.60. The van der Waals surface area contributed by atoms with Crippen molar-refractivity contribution in [2.75, 3.05) is 12.4 Å². The Labute approximate surface area is 154 Å². The van der Waals surface area contributed by atoms with Crippen molar-refractivity contribution in [2.24, 2.45) is 5.10 Å². The molecule has 8 heteroatoms. The van der Waals surface area contributed by atoms with Crippen LogP contribution >= 0.6 is 11.3 Å². The van der Waals surface area contributed by atoms with Gasteiger partial charge in [0.15, 0.2) is 5.13 Å². The normalized spacial score (nSPS) is 12.2. The largest absolute Gasteiger partial charge is 0.507 e. The molecule has 0 bridgehead atoms. The number of carbonyl (C=O) groups is 1. The monoisotopic (exact) mass is 370 g/mol. The summed E-state index contributed by atoms with van der Waals surface area (Å²) in [5.74, 6) is 0.314. The number of ether oxygens (including phenoxy) is 1. The van der Waals surface area contributed by atoms with Gasteiger partial charge in [0.1, 0.15) is 17.5 Å². The third-order valence-electron chi connectivity index (χ3n) is 3.64. The number of aromatic nitrogens is 1. The summed E-state index contributed by atoms with van der Waals surface area (Å²) in [6.45, 7) is 1.72. The van der Waals surface area contributed by atoms with Gasteiger partial charge < -0.3 is 15.2 Å². The molecule has 0 spiro atoms. The van der Waals surface area contributed by atoms with E-state index in [9.17, 15) is 9.90 Å². The molecule has 1 amide bonds. The zero-order valence-electron chi connectivity index (χ0n) is 14.3. The predicted molar refractivity (Wildman–Crippen MR) is 103 cm³/mol. The molecule has 26 heavy (non-hydrogen) atoms. The van der Waals surface area contributed by atoms with Gasteiger partial charge in [0.05, 0.1) is 23.5 Å². The molecular formula is C18H18N4O3S. The molecule has 1 aromatic heterocycles. The number of phenols is 1. The molecule has 3 rings (SSSR count). The van der Waals surface area contributed by atoms with Gasteiger partial charge in [0.25, 0.3) is 5.91 Å². The van der Waals surface area contributed by atoms with E-state index in [1.54, 1.807) is 19.1 Å². The van der Waals surface area contributed by atoms with Gasteiger partial charge in [0, 0.05) is 5.56 Å². The summed E-state index contributed by atoms with van der Waals surface area (Å²) in [5, 5.41) is 17.4. The van der Waals surface area contributed by atoms with E-state index in [1.165, 1.54) is 30.7 Å². The van der Waals surface area contributed by atoms with E-state index >= 15 is 0 Å². The molecule has 7 nitrogen and oxygen atoms in total. The second kappa shape index (κ2) is 7.83. The summed E-state index contributed by atoms with van der Waals surface area (Å²) >= 11 is 1.48. The Kier molecular flexibility index (Phi) is 5.33. The fourth-order valence-corrected chi connectivity index (χ4v) is 3.16. The number of para-hydroxylation sites is 1. The molecule has 1 heterocycles. The van der Waals surface area contributed by atoms with Crippen LogP contribution in [0.15, 0.2) is 47.6 Å². The average molecular weight is 370 g/mol. The first-order valence-corrected chi connectivity index (χ1v) is 8.70. The number of thiazole rings is 1. The molecule has 0 saturated carbocycles. The molecule has 0 aliphatic carbocycles. The number of aromatic hydroxyl groups is 1. The van der Waals surface area contributed by atoms with Crippen LogP contribution in [0.5, 0.6) is 11.5 Å². The zero-order valence-corrected chi connectivity index (χ0v) is 15.1. The number of anilines is 1. The van der Waals surface area contributed by atoms with Crippen molar-refractivity contribution in [1.82, 2.24) is 10.4 Å². The Morgan fingerprint density at radius 3 is 2.92 bits per heavy atom. The SMILES string of the molecule is COc1ccc(O)c(/C=N/NC(=O)[C@@H](C)Nc2nc3ccccc3s2)c1. The highest BCUT2D eigenvalue weighted by Crippen LogP contribution is 2.25. The number of hydrogen-bond donors (Lipinski definition) is 3. The summed E-state index contributed by atoms with van der Waals surface area (Å²) in [6.07, 6.45) is 1.36. The van der Waals surface area contributed by atoms with Gasteiger partial charge in [-0.3, -0.25) is 4.79 Å². The fraction of sp³-hybridized carbons (Fsp3) is 0.167. The van der Waals surface area contributed by atoms with Crippen LogP contribution in [0.25, 0.3) is 10.2 Å². The van der Waals surface area contributed by atoms with E-state index in [1.807, 2.05) is 24.3 Å². The minimum Gasteiger partial charge on any atom is -0.507 e. The number of rotatable bonds is 6. The summed E-state index contributed by atoms with van der Waals surface area (Å²) in [6, 6.07) is 12.0. The van der Waals surface area contributed by atoms with Gasteiger partial charge in [-0.1, -0.05) is 23.5 Å². The van der Waals surface area contributed by atoms with Crippen molar-refractivity contribution in [3.05, 3.63) is 48.0 Å². The highest BCUT2D eigenvalue weighted by Gasteiger charge is 2.14. The number of hydrogen-bond acceptors (Lipinski definition) is 7. The van der Waals surface area contributed by atoms with Crippen LogP contribution in [0.1, 0.15) is 12.5 Å². The highest BCUT2D eigenvalue weighted by atomic mass is 32.1. The lowest BCUT2D eigenvalue weighted by molar-refractivity contribution is -0.121. The molecule has 1 atom stereocenters. The lowest BCUT2D eigenvalue weighted by atomic mass is 10.2. The molecule has 0 aliphatic rings. The van der Waals surface area contributed by atoms with E-state index in [4.69, 9.17) is 4.74 Å². The molecular weight excluding hydrogens is 352 g/mol. The van der Waals surface area contributed by atoms with Crippen molar-refractivity contribution in [3.8, 4) is 11.5 Å². The Bertz CT molecular complexity index is 922. The van der Waals surface area contributed by atoms with E-state index < -0.39 is 6.04 Å². The second-order valence-corrected chi connectivity index (χ2v) is 6.54.